The maximum absolute atomic E-state index is 12.1. The summed E-state index contributed by atoms with van der Waals surface area (Å²) >= 11 is 0. The van der Waals surface area contributed by atoms with Gasteiger partial charge in [0.1, 0.15) is 6.33 Å². The normalized spacial score (nSPS) is 15.7. The number of hydrogen-bond donors (Lipinski definition) is 0. The van der Waals surface area contributed by atoms with E-state index in [0.29, 0.717) is 6.54 Å². The Bertz CT molecular complexity index is 547. The summed E-state index contributed by atoms with van der Waals surface area (Å²) in [6, 6.07) is -0.0528. The molecule has 0 N–H and O–H groups in total. The molecule has 1 aliphatic carbocycles. The first-order valence-corrected chi connectivity index (χ1v) is 7.60. The van der Waals surface area contributed by atoms with E-state index in [0.717, 1.165) is 23.9 Å². The van der Waals surface area contributed by atoms with Crippen LogP contribution < -0.4 is 0 Å². The van der Waals surface area contributed by atoms with Gasteiger partial charge in [-0.25, -0.2) is 18.2 Å². The lowest BCUT2D eigenvalue weighted by molar-refractivity contribution is 0.196. The van der Waals surface area contributed by atoms with Crippen LogP contribution in [0.25, 0.3) is 0 Å². The zero-order valence-electron chi connectivity index (χ0n) is 10.4. The second-order valence-corrected chi connectivity index (χ2v) is 6.35. The van der Waals surface area contributed by atoms with Crippen LogP contribution in [0.3, 0.4) is 0 Å². The number of hydrogen-bond acceptors (Lipinski definition) is 5. The van der Waals surface area contributed by atoms with E-state index in [4.69, 9.17) is 0 Å². The fraction of sp³-hybridized carbons (Fsp3) is 0.700. The van der Waals surface area contributed by atoms with Gasteiger partial charge in [0.25, 0.3) is 5.16 Å². The average molecular weight is 272 g/mol. The number of carbonyl (C=O) groups excluding carboxylic acids is 1. The predicted octanol–water partition coefficient (Wildman–Crippen LogP) is 0.524. The summed E-state index contributed by atoms with van der Waals surface area (Å²) in [5.74, 6) is -0.0781. The largest absolute Gasteiger partial charge is 0.346 e. The lowest BCUT2D eigenvalue weighted by Crippen LogP contribution is -2.36. The van der Waals surface area contributed by atoms with Crippen molar-refractivity contribution in [2.24, 2.45) is 0 Å². The highest BCUT2D eigenvalue weighted by Gasteiger charge is 2.33. The summed E-state index contributed by atoms with van der Waals surface area (Å²) in [6.07, 6.45) is 3.15. The molecule has 1 aromatic heterocycles. The molecule has 0 unspecified atom stereocenters. The van der Waals surface area contributed by atoms with Crippen LogP contribution in [-0.4, -0.2) is 52.5 Å². The van der Waals surface area contributed by atoms with Gasteiger partial charge in [-0.1, -0.05) is 6.92 Å². The van der Waals surface area contributed by atoms with Gasteiger partial charge >= 0.3 is 6.03 Å². The van der Waals surface area contributed by atoms with Crippen LogP contribution in [0, 0.1) is 0 Å². The summed E-state index contributed by atoms with van der Waals surface area (Å²) in [7, 11) is -3.46. The third-order valence-electron chi connectivity index (χ3n) is 2.90. The van der Waals surface area contributed by atoms with Crippen molar-refractivity contribution < 1.29 is 13.2 Å². The van der Waals surface area contributed by atoms with E-state index in [-0.39, 0.29) is 23.0 Å². The highest BCUT2D eigenvalue weighted by atomic mass is 32.2. The van der Waals surface area contributed by atoms with Gasteiger partial charge in [-0.15, -0.1) is 5.10 Å². The first kappa shape index (κ1) is 13.0. The Morgan fingerprint density at radius 2 is 2.17 bits per heavy atom. The van der Waals surface area contributed by atoms with Gasteiger partial charge in [-0.2, -0.15) is 4.68 Å². The summed E-state index contributed by atoms with van der Waals surface area (Å²) in [5, 5.41) is 3.47. The van der Waals surface area contributed by atoms with Crippen molar-refractivity contribution in [3.05, 3.63) is 6.33 Å². The van der Waals surface area contributed by atoms with Crippen molar-refractivity contribution >= 4 is 15.9 Å². The molecule has 0 bridgehead atoms. The average Bonchev–Trinajstić information content (AvgIpc) is 3.05. The van der Waals surface area contributed by atoms with Crippen LogP contribution in [-0.2, 0) is 9.84 Å². The Kier molecular flexibility index (Phi) is 3.38. The van der Waals surface area contributed by atoms with Crippen LogP contribution in [0.1, 0.15) is 26.7 Å². The monoisotopic (exact) mass is 272 g/mol. The lowest BCUT2D eigenvalue weighted by atomic mass is 10.5. The van der Waals surface area contributed by atoms with Crippen LogP contribution in [0.5, 0.6) is 0 Å². The zero-order valence-corrected chi connectivity index (χ0v) is 11.2. The Morgan fingerprint density at radius 3 is 2.67 bits per heavy atom. The molecule has 0 aromatic carbocycles. The number of rotatable bonds is 4. The molecule has 1 aliphatic rings. The smallest absolute Gasteiger partial charge is 0.320 e. The third-order valence-corrected chi connectivity index (χ3v) is 4.40. The van der Waals surface area contributed by atoms with E-state index in [2.05, 4.69) is 10.1 Å². The van der Waals surface area contributed by atoms with Gasteiger partial charge in [0.15, 0.2) is 0 Å². The molecule has 1 amide bonds. The number of amides is 1. The van der Waals surface area contributed by atoms with Gasteiger partial charge in [0.05, 0.1) is 5.75 Å². The molecule has 100 valence electrons. The Balaban J connectivity index is 2.22. The number of carbonyl (C=O) groups is 1. The Labute approximate surface area is 106 Å². The zero-order chi connectivity index (χ0) is 13.3. The fourth-order valence-corrected chi connectivity index (χ4v) is 2.36. The van der Waals surface area contributed by atoms with Crippen LogP contribution >= 0.6 is 0 Å². The van der Waals surface area contributed by atoms with Gasteiger partial charge in [-0.3, -0.25) is 0 Å². The molecule has 1 fully saturated rings. The van der Waals surface area contributed by atoms with Crippen molar-refractivity contribution in [1.82, 2.24) is 19.7 Å². The third kappa shape index (κ3) is 2.38. The van der Waals surface area contributed by atoms with Crippen molar-refractivity contribution in [1.29, 1.82) is 0 Å². The fourth-order valence-electron chi connectivity index (χ4n) is 1.68. The highest BCUT2D eigenvalue weighted by molar-refractivity contribution is 7.91. The summed E-state index contributed by atoms with van der Waals surface area (Å²) in [5.41, 5.74) is 0. The summed E-state index contributed by atoms with van der Waals surface area (Å²) in [4.78, 5) is 17.4. The molecule has 0 atom stereocenters. The topological polar surface area (TPSA) is 85.2 Å². The minimum Gasteiger partial charge on any atom is -0.320 e. The molecule has 0 aliphatic heterocycles. The van der Waals surface area contributed by atoms with E-state index in [1.54, 1.807) is 4.90 Å². The van der Waals surface area contributed by atoms with Crippen molar-refractivity contribution in [2.45, 2.75) is 37.9 Å². The number of sulfone groups is 1. The standard InChI is InChI=1S/C10H16N4O3S/c1-3-13(8-5-6-8)10(15)14-7-11-9(12-14)18(16,17)4-2/h7-8H,3-6H2,1-2H3. The van der Waals surface area contributed by atoms with E-state index in [1.807, 2.05) is 6.92 Å². The van der Waals surface area contributed by atoms with Gasteiger partial charge in [-0.05, 0) is 19.8 Å². The Morgan fingerprint density at radius 1 is 1.50 bits per heavy atom. The first-order valence-electron chi connectivity index (χ1n) is 5.95. The maximum atomic E-state index is 12.1. The molecule has 2 rings (SSSR count). The van der Waals surface area contributed by atoms with E-state index < -0.39 is 9.84 Å². The lowest BCUT2D eigenvalue weighted by Gasteiger charge is -2.18. The predicted molar refractivity (Wildman–Crippen MR) is 63.9 cm³/mol. The van der Waals surface area contributed by atoms with E-state index >= 15 is 0 Å². The molecule has 1 aromatic rings. The Hall–Kier alpha value is -1.44. The van der Waals surface area contributed by atoms with E-state index in [1.165, 1.54) is 6.92 Å². The molecule has 0 spiro atoms. The number of nitrogens with zero attached hydrogens (tertiary/aromatic N) is 4. The van der Waals surface area contributed by atoms with E-state index in [9.17, 15) is 13.2 Å². The van der Waals surface area contributed by atoms with Gasteiger partial charge in [0.2, 0.25) is 9.84 Å². The van der Waals surface area contributed by atoms with Gasteiger partial charge in [0, 0.05) is 12.6 Å². The quantitative estimate of drug-likeness (QED) is 0.798. The summed E-state index contributed by atoms with van der Waals surface area (Å²) < 4.78 is 24.1. The molecule has 1 saturated carbocycles. The molecule has 18 heavy (non-hydrogen) atoms. The van der Waals surface area contributed by atoms with Crippen LogP contribution in [0.4, 0.5) is 4.79 Å². The summed E-state index contributed by atoms with van der Waals surface area (Å²) in [6.45, 7) is 3.98. The molecule has 7 nitrogen and oxygen atoms in total. The minimum absolute atomic E-state index is 0.0781. The van der Waals surface area contributed by atoms with Crippen molar-refractivity contribution in [3.8, 4) is 0 Å². The number of aromatic nitrogens is 3. The van der Waals surface area contributed by atoms with Crippen LogP contribution in [0.2, 0.25) is 0 Å². The van der Waals surface area contributed by atoms with Crippen molar-refractivity contribution in [3.63, 3.8) is 0 Å². The molecule has 1 heterocycles. The second-order valence-electron chi connectivity index (χ2n) is 4.17. The second kappa shape index (κ2) is 4.68. The molecular formula is C10H16N4O3S. The van der Waals surface area contributed by atoms with Crippen molar-refractivity contribution in [2.75, 3.05) is 12.3 Å². The molecular weight excluding hydrogens is 256 g/mol. The molecule has 8 heteroatoms. The molecule has 0 radical (unpaired) electrons. The van der Waals surface area contributed by atoms with Crippen LogP contribution in [0.15, 0.2) is 11.5 Å². The van der Waals surface area contributed by atoms with Gasteiger partial charge < -0.3 is 4.90 Å². The SMILES string of the molecule is CCN(C(=O)n1cnc(S(=O)(=O)CC)n1)C1CC1. The maximum Gasteiger partial charge on any atom is 0.346 e. The molecule has 0 saturated heterocycles. The highest BCUT2D eigenvalue weighted by Crippen LogP contribution is 2.26. The minimum atomic E-state index is -3.46. The first-order chi connectivity index (χ1) is 8.49.